The molecule has 0 bridgehead atoms. The number of hydrogen-bond donors (Lipinski definition) is 5. The number of anilines is 2. The number of carboxylic acids is 1. The summed E-state index contributed by atoms with van der Waals surface area (Å²) >= 11 is 7.99. The zero-order valence-corrected chi connectivity index (χ0v) is 86.9. The van der Waals surface area contributed by atoms with Crippen molar-refractivity contribution in [2.75, 3.05) is 115 Å². The predicted octanol–water partition coefficient (Wildman–Crippen LogP) is 16.5. The maximum absolute atomic E-state index is 12.8. The van der Waals surface area contributed by atoms with E-state index in [1.807, 2.05) is 124 Å². The zero-order chi connectivity index (χ0) is 108. The van der Waals surface area contributed by atoms with Crippen molar-refractivity contribution in [1.29, 1.82) is 0 Å². The number of amides is 6. The van der Waals surface area contributed by atoms with Gasteiger partial charge in [0.15, 0.2) is 6.29 Å². The Morgan fingerprint density at radius 2 is 0.806 bits per heavy atom. The van der Waals surface area contributed by atoms with Crippen LogP contribution < -0.4 is 15.1 Å². The standard InChI is InChI=1S/C26H28F3N5O3.C22H32N2O5.C19H22F3N5O3.C13H18O3.C9H16N2O3.C6H4BrNO.C3HBr2F3O/c1-25(2,24(36)37-17-18-6-4-3-5-7-18)10-11-33-12-13-34(16-22(33)35)21-9-8-19(14-30-21)23-31-15-20(32-23)26(27,28)29;1-21(2,3)29-20(27)24-14-13-23(18(25)15-24)12-11-22(4,5)19(26)28-16-17-9-7-6-8-10-17;1-18(2,17(29)30)5-6-26-7-8-27(11-15(26)28)14-4-3-12(9-23-14)16-24-10-13(25-16)19(20,21)22;1-13(2,8-9-14)12(15)16-10-11-6-4-3-5-7-11;1-9(2,3)14-8(13)11-5-4-10-7(12)6-11;7-6-2-1-5(4-9)3-8-6;4-2(5)1(9)3(6,7)8/h3-9,14-15H,10-13,16-17H2,1-2H3,(H,31,32);6-10H,11-16H2,1-5H3;3-4,9-10H,5-8,11H2,1-2H3,(H,24,25)(H,29,30);3-7,14H,8-10H2,1-2H3;4-6H2,1-3H3,(H,10,12);1-4H;2H. The quantitative estimate of drug-likeness (QED) is 0.00797. The molecule has 0 atom stereocenters. The highest BCUT2D eigenvalue weighted by Gasteiger charge is 2.43. The number of alkyl halides is 11. The molecular formula is C98H121Br3F9N15O19. The third-order valence-corrected chi connectivity index (χ3v) is 23.0. The molecule has 144 heavy (non-hydrogen) atoms. The van der Waals surface area contributed by atoms with E-state index < -0.39 is 90.5 Å². The van der Waals surface area contributed by atoms with Gasteiger partial charge in [0.05, 0.1) is 47.1 Å². The van der Waals surface area contributed by atoms with Gasteiger partial charge in [-0.15, -0.1) is 0 Å². The lowest BCUT2D eigenvalue weighted by Gasteiger charge is -2.36. The van der Waals surface area contributed by atoms with Gasteiger partial charge in [-0.3, -0.25) is 57.7 Å². The van der Waals surface area contributed by atoms with Gasteiger partial charge in [-0.05, 0) is 192 Å². The van der Waals surface area contributed by atoms with Crippen LogP contribution in [-0.4, -0.2) is 267 Å². The molecule has 9 heterocycles. The molecule has 6 amide bonds. The molecule has 46 heteroatoms. The van der Waals surface area contributed by atoms with Crippen molar-refractivity contribution in [3.05, 3.63) is 197 Å². The van der Waals surface area contributed by atoms with Crippen molar-refractivity contribution in [3.8, 4) is 22.8 Å². The number of hydrogen-bond acceptors (Lipinski definition) is 25. The van der Waals surface area contributed by atoms with Crippen molar-refractivity contribution in [1.82, 2.24) is 64.7 Å². The predicted molar refractivity (Wildman–Crippen MR) is 523 cm³/mol. The fourth-order valence-electron chi connectivity index (χ4n) is 12.8. The Kier molecular flexibility index (Phi) is 45.5. The first-order chi connectivity index (χ1) is 67.1. The summed E-state index contributed by atoms with van der Waals surface area (Å²) in [5, 5.41) is 20.7. The summed E-state index contributed by atoms with van der Waals surface area (Å²) in [5.41, 5.74) is -1.74. The summed E-state index contributed by atoms with van der Waals surface area (Å²) in [7, 11) is 0. The number of aliphatic carboxylic acids is 1. The van der Waals surface area contributed by atoms with Gasteiger partial charge < -0.3 is 73.7 Å². The van der Waals surface area contributed by atoms with Gasteiger partial charge in [-0.1, -0.05) is 123 Å². The summed E-state index contributed by atoms with van der Waals surface area (Å²) in [5.74, 6) is -2.92. The Morgan fingerprint density at radius 3 is 1.10 bits per heavy atom. The Balaban J connectivity index is 0.000000271. The van der Waals surface area contributed by atoms with Gasteiger partial charge in [0.25, 0.3) is 5.78 Å². The first kappa shape index (κ1) is 120. The number of aromatic amines is 2. The number of esters is 3. The Morgan fingerprint density at radius 1 is 0.438 bits per heavy atom. The number of piperazine rings is 4. The van der Waals surface area contributed by atoms with Gasteiger partial charge in [-0.25, -0.2) is 34.5 Å². The minimum Gasteiger partial charge on any atom is -0.481 e. The first-order valence-electron chi connectivity index (χ1n) is 45.3. The monoisotopic (exact) mass is 2220 g/mol. The molecule has 0 aliphatic carbocycles. The van der Waals surface area contributed by atoms with E-state index in [9.17, 15) is 102 Å². The third kappa shape index (κ3) is 41.3. The zero-order valence-electron chi connectivity index (χ0n) is 82.2. The summed E-state index contributed by atoms with van der Waals surface area (Å²) in [4.78, 5) is 176. The highest BCUT2D eigenvalue weighted by atomic mass is 79.9. The fourth-order valence-corrected chi connectivity index (χ4v) is 13.5. The van der Waals surface area contributed by atoms with Gasteiger partial charge in [0.2, 0.25) is 23.6 Å². The van der Waals surface area contributed by atoms with Crippen molar-refractivity contribution >= 4 is 131 Å². The van der Waals surface area contributed by atoms with Crippen LogP contribution in [-0.2, 0) is 99.0 Å². The molecule has 12 rings (SSSR count). The van der Waals surface area contributed by atoms with Crippen LogP contribution in [0.4, 0.5) is 60.7 Å². The molecule has 0 saturated carbocycles. The second kappa shape index (κ2) is 54.5. The number of halogens is 12. The fraction of sp³-hybridized carbons (Fsp3) is 0.480. The maximum atomic E-state index is 12.8. The van der Waals surface area contributed by atoms with Gasteiger partial charge in [0, 0.05) is 114 Å². The number of Topliss-reactive ketones (excluding diaryl/α,β-unsaturated/α-hetero) is 1. The second-order valence-electron chi connectivity index (χ2n) is 37.7. The average Bonchev–Trinajstić information content (AvgIpc) is 1.64. The van der Waals surface area contributed by atoms with Crippen LogP contribution in [0.2, 0.25) is 0 Å². The number of nitrogens with one attached hydrogen (secondary N) is 3. The molecule has 8 aromatic rings. The van der Waals surface area contributed by atoms with Crippen LogP contribution in [0.25, 0.3) is 22.8 Å². The number of imidazole rings is 2. The van der Waals surface area contributed by atoms with Crippen LogP contribution in [0.5, 0.6) is 0 Å². The number of nitrogens with zero attached hydrogens (tertiary/aromatic N) is 12. The number of benzene rings is 3. The van der Waals surface area contributed by atoms with E-state index in [-0.39, 0.29) is 106 Å². The Labute approximate surface area is 853 Å². The van der Waals surface area contributed by atoms with Crippen molar-refractivity contribution < 1.29 is 131 Å². The van der Waals surface area contributed by atoms with E-state index in [2.05, 4.69) is 88.0 Å². The molecule has 4 aliphatic rings. The largest absolute Gasteiger partial charge is 0.481 e. The van der Waals surface area contributed by atoms with Gasteiger partial charge in [-0.2, -0.15) is 39.5 Å². The van der Waals surface area contributed by atoms with Crippen LogP contribution in [0.3, 0.4) is 0 Å². The van der Waals surface area contributed by atoms with Crippen LogP contribution in [0.15, 0.2) is 163 Å². The molecule has 0 unspecified atom stereocenters. The van der Waals surface area contributed by atoms with E-state index in [1.54, 1.807) is 125 Å². The molecule has 786 valence electrons. The van der Waals surface area contributed by atoms with E-state index in [0.717, 1.165) is 40.0 Å². The summed E-state index contributed by atoms with van der Waals surface area (Å²) in [6, 6.07) is 38.4. The van der Waals surface area contributed by atoms with Crippen molar-refractivity contribution in [2.24, 2.45) is 21.7 Å². The van der Waals surface area contributed by atoms with Crippen molar-refractivity contribution in [2.45, 2.75) is 176 Å². The lowest BCUT2D eigenvalue weighted by atomic mass is 9.89. The molecule has 5 aromatic heterocycles. The van der Waals surface area contributed by atoms with Crippen LogP contribution in [0, 0.1) is 21.7 Å². The SMILES string of the molecule is CC(C)(C)OC(=O)N1CCN(CCC(C)(C)C(=O)OCc2ccccc2)C(=O)C1.CC(C)(C)OC(=O)N1CCNC(=O)C1.CC(C)(CCN1CCN(c2ccc(-c3ncc(C(F)(F)F)[nH]3)cn2)CC1=O)C(=O)O.CC(C)(CCN1CCN(c2ccc(-c3ncc(C(F)(F)F)[nH]3)cn2)CC1=O)C(=O)OCc1ccccc1.CC(C)(CCO)C(=O)OCc1ccccc1.O=C(C(Br)Br)C(F)(F)F.O=Cc1ccc(Br)nc1. The molecule has 4 saturated heterocycles. The number of pyridine rings is 3. The number of carbonyl (C=O) groups is 12. The minimum absolute atomic E-state index is 0.00616. The van der Waals surface area contributed by atoms with E-state index in [0.29, 0.717) is 126 Å². The van der Waals surface area contributed by atoms with E-state index in [1.165, 1.54) is 28.4 Å². The molecular weight excluding hydrogens is 2100 g/mol. The highest BCUT2D eigenvalue weighted by Crippen LogP contribution is 2.35. The molecule has 3 aromatic carbocycles. The number of aliphatic hydroxyl groups is 1. The minimum atomic E-state index is -4.75. The molecule has 0 radical (unpaired) electrons. The van der Waals surface area contributed by atoms with E-state index in [4.69, 9.17) is 28.8 Å². The van der Waals surface area contributed by atoms with Gasteiger partial charge in [0.1, 0.15) is 87.1 Å². The lowest BCUT2D eigenvalue weighted by Crippen LogP contribution is -2.53. The van der Waals surface area contributed by atoms with E-state index >= 15 is 0 Å². The molecule has 34 nitrogen and oxygen atoms in total. The Bertz CT molecular complexity index is 5520. The number of rotatable bonds is 27. The number of aromatic nitrogens is 7. The maximum Gasteiger partial charge on any atom is 0.452 e. The lowest BCUT2D eigenvalue weighted by molar-refractivity contribution is -0.168. The molecule has 0 spiro atoms. The number of carbonyl (C=O) groups excluding carboxylic acids is 11. The smallest absolute Gasteiger partial charge is 0.452 e. The summed E-state index contributed by atoms with van der Waals surface area (Å²) < 4.78 is 136. The number of H-pyrrole nitrogens is 2. The number of ether oxygens (including phenoxy) is 5. The number of carboxylic acid groups (broad SMARTS) is 1. The number of aliphatic hydroxyl groups excluding tert-OH is 1. The third-order valence-electron chi connectivity index (χ3n) is 21.7. The Hall–Kier alpha value is -12.5. The summed E-state index contributed by atoms with van der Waals surface area (Å²) in [6.45, 7) is 30.9. The average molecular weight is 2220 g/mol. The normalized spacial score (nSPS) is 14.4. The second-order valence-corrected chi connectivity index (χ2v) is 41.6. The first-order valence-corrected chi connectivity index (χ1v) is 47.9. The van der Waals surface area contributed by atoms with Gasteiger partial charge >= 0.3 is 54.6 Å². The van der Waals surface area contributed by atoms with Crippen LogP contribution in [0.1, 0.15) is 161 Å². The van der Waals surface area contributed by atoms with Crippen molar-refractivity contribution in [3.63, 3.8) is 0 Å². The number of ketones is 1. The molecule has 5 N–H and O–H groups in total. The highest BCUT2D eigenvalue weighted by molar-refractivity contribution is 9.25. The number of aldehydes is 1. The topological polar surface area (TPSA) is 422 Å². The molecule has 4 fully saturated rings. The van der Waals surface area contributed by atoms with Crippen LogP contribution >= 0.6 is 47.8 Å². The molecule has 4 aliphatic heterocycles. The summed E-state index contributed by atoms with van der Waals surface area (Å²) in [6.07, 6.45) is -6.37.